The largest absolute Gasteiger partial charge is 0.322 e. The summed E-state index contributed by atoms with van der Waals surface area (Å²) < 4.78 is 0. The van der Waals surface area contributed by atoms with Crippen molar-refractivity contribution in [3.63, 3.8) is 0 Å². The third-order valence-corrected chi connectivity index (χ3v) is 3.21. The molecule has 0 spiro atoms. The van der Waals surface area contributed by atoms with Crippen LogP contribution in [0.15, 0.2) is 31.0 Å². The molecular weight excluding hydrogens is 240 g/mol. The number of hydrogen-bond donors (Lipinski definition) is 2. The first-order valence-corrected chi connectivity index (χ1v) is 6.47. The van der Waals surface area contributed by atoms with Crippen molar-refractivity contribution in [1.29, 1.82) is 0 Å². The molecule has 6 nitrogen and oxygen atoms in total. The lowest BCUT2D eigenvalue weighted by atomic mass is 9.97. The molecule has 1 aliphatic rings. The second-order valence-corrected chi connectivity index (χ2v) is 4.59. The average Bonchev–Trinajstić information content (AvgIpc) is 2.50. The van der Waals surface area contributed by atoms with Crippen molar-refractivity contribution in [2.24, 2.45) is 0 Å². The summed E-state index contributed by atoms with van der Waals surface area (Å²) in [5, 5.41) is 6.46. The van der Waals surface area contributed by atoms with E-state index in [2.05, 4.69) is 30.6 Å². The van der Waals surface area contributed by atoms with Crippen molar-refractivity contribution in [1.82, 2.24) is 25.3 Å². The molecule has 0 saturated carbocycles. The van der Waals surface area contributed by atoms with E-state index in [1.807, 2.05) is 6.20 Å². The van der Waals surface area contributed by atoms with Gasteiger partial charge in [-0.25, -0.2) is 9.97 Å². The summed E-state index contributed by atoms with van der Waals surface area (Å²) in [6.07, 6.45) is 10.9. The monoisotopic (exact) mass is 256 g/mol. The maximum absolute atomic E-state index is 4.49. The van der Waals surface area contributed by atoms with Gasteiger partial charge in [0, 0.05) is 24.9 Å². The van der Waals surface area contributed by atoms with Gasteiger partial charge in [0.15, 0.2) is 0 Å². The fraction of sp³-hybridized carbons (Fsp3) is 0.385. The summed E-state index contributed by atoms with van der Waals surface area (Å²) >= 11 is 0. The molecule has 0 bridgehead atoms. The quantitative estimate of drug-likeness (QED) is 0.866. The van der Waals surface area contributed by atoms with Gasteiger partial charge in [0.1, 0.15) is 11.6 Å². The van der Waals surface area contributed by atoms with Crippen LogP contribution in [0.1, 0.15) is 24.5 Å². The zero-order chi connectivity index (χ0) is 12.9. The van der Waals surface area contributed by atoms with Crippen molar-refractivity contribution in [3.8, 4) is 0 Å². The molecule has 0 amide bonds. The Hall–Kier alpha value is -2.08. The Labute approximate surface area is 111 Å². The van der Waals surface area contributed by atoms with E-state index in [-0.39, 0.29) is 0 Å². The Bertz CT molecular complexity index is 506. The van der Waals surface area contributed by atoms with Crippen LogP contribution in [0.25, 0.3) is 0 Å². The maximum atomic E-state index is 4.49. The van der Waals surface area contributed by atoms with E-state index in [9.17, 15) is 0 Å². The van der Waals surface area contributed by atoms with Crippen molar-refractivity contribution in [2.45, 2.75) is 18.8 Å². The van der Waals surface area contributed by atoms with Gasteiger partial charge < -0.3 is 10.6 Å². The summed E-state index contributed by atoms with van der Waals surface area (Å²) in [4.78, 5) is 17.0. The van der Waals surface area contributed by atoms with Crippen LogP contribution >= 0.6 is 0 Å². The molecular formula is C13H16N6. The van der Waals surface area contributed by atoms with Crippen molar-refractivity contribution >= 4 is 11.6 Å². The molecule has 1 fully saturated rings. The standard InChI is InChI=1S/C13H16N6/c1-2-10(6-14-3-1)11-7-18-13(9-17-11)19-12-8-15-4-5-16-12/h4-5,7-10,14H,1-3,6H2,(H,16,18,19). The summed E-state index contributed by atoms with van der Waals surface area (Å²) in [5.74, 6) is 1.84. The molecule has 0 radical (unpaired) electrons. The number of nitrogens with one attached hydrogen (secondary N) is 2. The van der Waals surface area contributed by atoms with E-state index in [4.69, 9.17) is 0 Å². The first-order chi connectivity index (χ1) is 9.42. The van der Waals surface area contributed by atoms with E-state index < -0.39 is 0 Å². The highest BCUT2D eigenvalue weighted by molar-refractivity contribution is 5.48. The van der Waals surface area contributed by atoms with Gasteiger partial charge in [0.2, 0.25) is 0 Å². The van der Waals surface area contributed by atoms with Crippen molar-refractivity contribution < 1.29 is 0 Å². The van der Waals surface area contributed by atoms with Crippen LogP contribution in [0.2, 0.25) is 0 Å². The summed E-state index contributed by atoms with van der Waals surface area (Å²) in [6, 6.07) is 0. The van der Waals surface area contributed by atoms with Crippen molar-refractivity contribution in [3.05, 3.63) is 36.7 Å². The normalized spacial score (nSPS) is 19.1. The van der Waals surface area contributed by atoms with Gasteiger partial charge in [-0.1, -0.05) is 0 Å². The Morgan fingerprint density at radius 3 is 2.68 bits per heavy atom. The number of rotatable bonds is 3. The SMILES string of the molecule is c1cnc(Nc2cnc(C3CCCNC3)cn2)cn1. The van der Waals surface area contributed by atoms with E-state index in [0.717, 1.165) is 18.8 Å². The number of anilines is 2. The van der Waals surface area contributed by atoms with Crippen LogP contribution in [0.4, 0.5) is 11.6 Å². The molecule has 2 aromatic rings. The van der Waals surface area contributed by atoms with Crippen LogP contribution in [0.3, 0.4) is 0 Å². The molecule has 1 aliphatic heterocycles. The van der Waals surface area contributed by atoms with Crippen LogP contribution in [0.5, 0.6) is 0 Å². The zero-order valence-corrected chi connectivity index (χ0v) is 10.6. The van der Waals surface area contributed by atoms with Crippen LogP contribution < -0.4 is 10.6 Å². The number of piperidine rings is 1. The molecule has 0 aromatic carbocycles. The van der Waals surface area contributed by atoms with Gasteiger partial charge >= 0.3 is 0 Å². The van der Waals surface area contributed by atoms with Crippen LogP contribution in [0, 0.1) is 0 Å². The molecule has 6 heteroatoms. The first kappa shape index (κ1) is 12.0. The minimum atomic E-state index is 0.479. The van der Waals surface area contributed by atoms with E-state index in [1.165, 1.54) is 12.8 Å². The smallest absolute Gasteiger partial charge is 0.150 e. The molecule has 3 heterocycles. The van der Waals surface area contributed by atoms with Crippen molar-refractivity contribution in [2.75, 3.05) is 18.4 Å². The molecule has 2 aromatic heterocycles. The Balaban J connectivity index is 1.68. The van der Waals surface area contributed by atoms with Gasteiger partial charge in [0.25, 0.3) is 0 Å². The lowest BCUT2D eigenvalue weighted by Gasteiger charge is -2.21. The van der Waals surface area contributed by atoms with Gasteiger partial charge in [0.05, 0.1) is 24.3 Å². The Morgan fingerprint density at radius 1 is 1.05 bits per heavy atom. The molecule has 1 atom stereocenters. The summed E-state index contributed by atoms with van der Waals surface area (Å²) in [5.41, 5.74) is 1.05. The van der Waals surface area contributed by atoms with E-state index in [0.29, 0.717) is 17.6 Å². The third kappa shape index (κ3) is 3.03. The molecule has 1 unspecified atom stereocenters. The number of aromatic nitrogens is 4. The molecule has 19 heavy (non-hydrogen) atoms. The predicted molar refractivity (Wildman–Crippen MR) is 72.2 cm³/mol. The fourth-order valence-corrected chi connectivity index (χ4v) is 2.21. The second kappa shape index (κ2) is 5.71. The Kier molecular flexibility index (Phi) is 3.60. The van der Waals surface area contributed by atoms with E-state index >= 15 is 0 Å². The summed E-state index contributed by atoms with van der Waals surface area (Å²) in [7, 11) is 0. The van der Waals surface area contributed by atoms with Gasteiger partial charge in [-0.05, 0) is 19.4 Å². The lowest BCUT2D eigenvalue weighted by Crippen LogP contribution is -2.28. The lowest BCUT2D eigenvalue weighted by molar-refractivity contribution is 0.454. The molecule has 0 aliphatic carbocycles. The molecule has 2 N–H and O–H groups in total. The average molecular weight is 256 g/mol. The highest BCUT2D eigenvalue weighted by Gasteiger charge is 2.16. The minimum Gasteiger partial charge on any atom is -0.322 e. The minimum absolute atomic E-state index is 0.479. The van der Waals surface area contributed by atoms with Crippen LogP contribution in [-0.4, -0.2) is 33.0 Å². The van der Waals surface area contributed by atoms with Gasteiger partial charge in [-0.2, -0.15) is 0 Å². The first-order valence-electron chi connectivity index (χ1n) is 6.47. The van der Waals surface area contributed by atoms with E-state index in [1.54, 1.807) is 24.8 Å². The number of nitrogens with zero attached hydrogens (tertiary/aromatic N) is 4. The molecule has 3 rings (SSSR count). The predicted octanol–water partition coefficient (Wildman–Crippen LogP) is 1.48. The van der Waals surface area contributed by atoms with Crippen LogP contribution in [-0.2, 0) is 0 Å². The second-order valence-electron chi connectivity index (χ2n) is 4.59. The topological polar surface area (TPSA) is 75.6 Å². The fourth-order valence-electron chi connectivity index (χ4n) is 2.21. The molecule has 98 valence electrons. The maximum Gasteiger partial charge on any atom is 0.150 e. The summed E-state index contributed by atoms with van der Waals surface area (Å²) in [6.45, 7) is 2.10. The Morgan fingerprint density at radius 2 is 2.00 bits per heavy atom. The van der Waals surface area contributed by atoms with Gasteiger partial charge in [-0.15, -0.1) is 0 Å². The molecule has 1 saturated heterocycles. The third-order valence-electron chi connectivity index (χ3n) is 3.21. The highest BCUT2D eigenvalue weighted by Crippen LogP contribution is 2.21. The zero-order valence-electron chi connectivity index (χ0n) is 10.6. The number of hydrogen-bond acceptors (Lipinski definition) is 6. The van der Waals surface area contributed by atoms with Gasteiger partial charge in [-0.3, -0.25) is 9.97 Å². The highest BCUT2D eigenvalue weighted by atomic mass is 15.1.